The maximum Gasteiger partial charge on any atom is 0.313 e. The second-order valence-electron chi connectivity index (χ2n) is 4.79. The summed E-state index contributed by atoms with van der Waals surface area (Å²) in [5.74, 6) is -0.465. The van der Waals surface area contributed by atoms with Crippen LogP contribution in [0.15, 0.2) is 18.2 Å². The molecule has 1 aliphatic rings. The van der Waals surface area contributed by atoms with E-state index in [1.54, 1.807) is 32.0 Å². The molecule has 1 aromatic carbocycles. The van der Waals surface area contributed by atoms with Gasteiger partial charge in [-0.1, -0.05) is 6.07 Å². The molecule has 1 aliphatic heterocycles. The average molecular weight is 249 g/mol. The Bertz CT molecular complexity index is 508. The van der Waals surface area contributed by atoms with Crippen molar-refractivity contribution in [2.24, 2.45) is 0 Å². The van der Waals surface area contributed by atoms with Gasteiger partial charge in [0.05, 0.1) is 24.1 Å². The van der Waals surface area contributed by atoms with Gasteiger partial charge in [-0.05, 0) is 31.5 Å². The predicted molar refractivity (Wildman–Crippen MR) is 65.8 cm³/mol. The summed E-state index contributed by atoms with van der Waals surface area (Å²) in [6, 6.07) is 5.07. The Morgan fingerprint density at radius 2 is 2.17 bits per heavy atom. The van der Waals surface area contributed by atoms with Crippen LogP contribution in [0, 0.1) is 0 Å². The lowest BCUT2D eigenvalue weighted by molar-refractivity contribution is -0.142. The average Bonchev–Trinajstić information content (AvgIpc) is 2.48. The zero-order valence-corrected chi connectivity index (χ0v) is 10.3. The number of hydrogen-bond acceptors (Lipinski definition) is 3. The molecule has 5 heteroatoms. The number of amides is 1. The number of carboxylic acid groups (broad SMARTS) is 1. The SMILES string of the molecule is CC(C)(C(=O)O)c1ccc2c(c1)NC(=O)CCO2. The van der Waals surface area contributed by atoms with E-state index >= 15 is 0 Å². The van der Waals surface area contributed by atoms with Crippen LogP contribution in [0.25, 0.3) is 0 Å². The van der Waals surface area contributed by atoms with Crippen molar-refractivity contribution in [1.82, 2.24) is 0 Å². The highest BCUT2D eigenvalue weighted by Crippen LogP contribution is 2.33. The normalized spacial score (nSPS) is 15.1. The van der Waals surface area contributed by atoms with E-state index in [1.165, 1.54) is 0 Å². The molecule has 0 aliphatic carbocycles. The minimum absolute atomic E-state index is 0.126. The van der Waals surface area contributed by atoms with Crippen LogP contribution in [0.1, 0.15) is 25.8 Å². The van der Waals surface area contributed by atoms with E-state index in [4.69, 9.17) is 4.74 Å². The molecule has 0 spiro atoms. The Kier molecular flexibility index (Phi) is 2.98. The van der Waals surface area contributed by atoms with Crippen LogP contribution < -0.4 is 10.1 Å². The zero-order valence-electron chi connectivity index (χ0n) is 10.3. The van der Waals surface area contributed by atoms with Crippen molar-refractivity contribution in [3.8, 4) is 5.75 Å². The number of rotatable bonds is 2. The molecular formula is C13H15NO4. The quantitative estimate of drug-likeness (QED) is 0.837. The first kappa shape index (κ1) is 12.4. The number of carbonyl (C=O) groups excluding carboxylic acids is 1. The number of benzene rings is 1. The number of fused-ring (bicyclic) bond motifs is 1. The van der Waals surface area contributed by atoms with Gasteiger partial charge in [-0.2, -0.15) is 0 Å². The Morgan fingerprint density at radius 1 is 1.44 bits per heavy atom. The maximum atomic E-state index is 11.4. The van der Waals surface area contributed by atoms with E-state index in [-0.39, 0.29) is 5.91 Å². The molecule has 0 fully saturated rings. The standard InChI is InChI=1S/C13H15NO4/c1-13(2,12(16)17)8-3-4-10-9(7-8)14-11(15)5-6-18-10/h3-4,7H,5-6H2,1-2H3,(H,14,15)(H,16,17). The molecule has 5 nitrogen and oxygen atoms in total. The first-order chi connectivity index (χ1) is 8.41. The van der Waals surface area contributed by atoms with E-state index in [1.807, 2.05) is 0 Å². The first-order valence-corrected chi connectivity index (χ1v) is 5.72. The monoisotopic (exact) mass is 249 g/mol. The van der Waals surface area contributed by atoms with Crippen molar-refractivity contribution in [3.63, 3.8) is 0 Å². The van der Waals surface area contributed by atoms with Gasteiger partial charge in [-0.15, -0.1) is 0 Å². The number of anilines is 1. The van der Waals surface area contributed by atoms with Crippen LogP contribution in [0.4, 0.5) is 5.69 Å². The highest BCUT2D eigenvalue weighted by atomic mass is 16.5. The van der Waals surface area contributed by atoms with E-state index < -0.39 is 11.4 Å². The van der Waals surface area contributed by atoms with Crippen molar-refractivity contribution in [1.29, 1.82) is 0 Å². The van der Waals surface area contributed by atoms with E-state index in [0.29, 0.717) is 30.0 Å². The number of carboxylic acids is 1. The predicted octanol–water partition coefficient (Wildman–Crippen LogP) is 1.77. The summed E-state index contributed by atoms with van der Waals surface area (Å²) in [7, 11) is 0. The first-order valence-electron chi connectivity index (χ1n) is 5.72. The van der Waals surface area contributed by atoms with Gasteiger partial charge in [0.25, 0.3) is 0 Å². The molecule has 0 bridgehead atoms. The Hall–Kier alpha value is -2.04. The molecular weight excluding hydrogens is 234 g/mol. The summed E-state index contributed by atoms with van der Waals surface area (Å²) >= 11 is 0. The fourth-order valence-corrected chi connectivity index (χ4v) is 1.73. The molecule has 96 valence electrons. The Balaban J connectivity index is 2.43. The fraction of sp³-hybridized carbons (Fsp3) is 0.385. The van der Waals surface area contributed by atoms with Gasteiger partial charge in [0.15, 0.2) is 0 Å². The van der Waals surface area contributed by atoms with Gasteiger partial charge < -0.3 is 15.2 Å². The third kappa shape index (κ3) is 2.16. The summed E-state index contributed by atoms with van der Waals surface area (Å²) in [4.78, 5) is 22.6. The molecule has 18 heavy (non-hydrogen) atoms. The van der Waals surface area contributed by atoms with Crippen molar-refractivity contribution < 1.29 is 19.4 Å². The summed E-state index contributed by atoms with van der Waals surface area (Å²) in [5, 5.41) is 11.9. The van der Waals surface area contributed by atoms with Crippen LogP contribution in [-0.4, -0.2) is 23.6 Å². The topological polar surface area (TPSA) is 75.6 Å². The van der Waals surface area contributed by atoms with Gasteiger partial charge in [0, 0.05) is 0 Å². The molecule has 0 radical (unpaired) electrons. The molecule has 2 rings (SSSR count). The third-order valence-corrected chi connectivity index (χ3v) is 3.10. The lowest BCUT2D eigenvalue weighted by atomic mass is 9.84. The second kappa shape index (κ2) is 4.33. The molecule has 0 atom stereocenters. The summed E-state index contributed by atoms with van der Waals surface area (Å²) in [6.07, 6.45) is 0.298. The highest BCUT2D eigenvalue weighted by molar-refractivity contribution is 5.93. The minimum Gasteiger partial charge on any atom is -0.491 e. The lowest BCUT2D eigenvalue weighted by Gasteiger charge is -2.21. The second-order valence-corrected chi connectivity index (χ2v) is 4.79. The van der Waals surface area contributed by atoms with Crippen LogP contribution in [-0.2, 0) is 15.0 Å². The van der Waals surface area contributed by atoms with Gasteiger partial charge in [-0.25, -0.2) is 0 Å². The summed E-state index contributed by atoms with van der Waals surface area (Å²) in [6.45, 7) is 3.58. The molecule has 1 amide bonds. The van der Waals surface area contributed by atoms with Crippen molar-refractivity contribution in [2.75, 3.05) is 11.9 Å². The Labute approximate surface area is 105 Å². The molecule has 1 heterocycles. The van der Waals surface area contributed by atoms with Crippen LogP contribution >= 0.6 is 0 Å². The van der Waals surface area contributed by atoms with Crippen LogP contribution in [0.5, 0.6) is 5.75 Å². The fourth-order valence-electron chi connectivity index (χ4n) is 1.73. The van der Waals surface area contributed by atoms with Crippen molar-refractivity contribution in [2.45, 2.75) is 25.7 Å². The zero-order chi connectivity index (χ0) is 13.3. The number of aliphatic carboxylic acids is 1. The number of carbonyl (C=O) groups is 2. The van der Waals surface area contributed by atoms with Gasteiger partial charge in [0.1, 0.15) is 5.75 Å². The largest absolute Gasteiger partial charge is 0.491 e. The summed E-state index contributed by atoms with van der Waals surface area (Å²) in [5.41, 5.74) is 0.148. The maximum absolute atomic E-state index is 11.4. The number of ether oxygens (including phenoxy) is 1. The highest BCUT2D eigenvalue weighted by Gasteiger charge is 2.30. The van der Waals surface area contributed by atoms with Gasteiger partial charge >= 0.3 is 5.97 Å². The molecule has 0 aromatic heterocycles. The molecule has 1 aromatic rings. The molecule has 0 saturated carbocycles. The molecule has 0 unspecified atom stereocenters. The molecule has 0 saturated heterocycles. The van der Waals surface area contributed by atoms with E-state index in [0.717, 1.165) is 0 Å². The third-order valence-electron chi connectivity index (χ3n) is 3.10. The van der Waals surface area contributed by atoms with Gasteiger partial charge in [-0.3, -0.25) is 9.59 Å². The minimum atomic E-state index is -1.01. The summed E-state index contributed by atoms with van der Waals surface area (Å²) < 4.78 is 5.42. The van der Waals surface area contributed by atoms with Crippen LogP contribution in [0.3, 0.4) is 0 Å². The van der Waals surface area contributed by atoms with Gasteiger partial charge in [0.2, 0.25) is 5.91 Å². The lowest BCUT2D eigenvalue weighted by Crippen LogP contribution is -2.28. The number of hydrogen-bond donors (Lipinski definition) is 2. The van der Waals surface area contributed by atoms with Crippen molar-refractivity contribution in [3.05, 3.63) is 23.8 Å². The van der Waals surface area contributed by atoms with Crippen LogP contribution in [0.2, 0.25) is 0 Å². The Morgan fingerprint density at radius 3 is 2.83 bits per heavy atom. The molecule has 2 N–H and O–H groups in total. The van der Waals surface area contributed by atoms with E-state index in [2.05, 4.69) is 5.32 Å². The smallest absolute Gasteiger partial charge is 0.313 e. The van der Waals surface area contributed by atoms with E-state index in [9.17, 15) is 14.7 Å². The van der Waals surface area contributed by atoms with Crippen molar-refractivity contribution >= 4 is 17.6 Å². The number of nitrogens with one attached hydrogen (secondary N) is 1.